The molecule has 32 heavy (non-hydrogen) atoms. The number of aryl methyl sites for hydroxylation is 1. The first-order valence-corrected chi connectivity index (χ1v) is 11.2. The Labute approximate surface area is 188 Å². The average molecular weight is 439 g/mol. The second-order valence-corrected chi connectivity index (χ2v) is 8.31. The molecule has 0 aliphatic carbocycles. The summed E-state index contributed by atoms with van der Waals surface area (Å²) in [6.45, 7) is 5.59. The van der Waals surface area contributed by atoms with E-state index in [-0.39, 0.29) is 17.7 Å². The van der Waals surface area contributed by atoms with Crippen LogP contribution in [0.3, 0.4) is 0 Å². The van der Waals surface area contributed by atoms with Crippen molar-refractivity contribution >= 4 is 11.8 Å². The highest BCUT2D eigenvalue weighted by atomic mass is 16.5. The van der Waals surface area contributed by atoms with Gasteiger partial charge in [0.1, 0.15) is 11.6 Å². The third kappa shape index (κ3) is 5.07. The summed E-state index contributed by atoms with van der Waals surface area (Å²) in [6.07, 6.45) is 3.70. The summed E-state index contributed by atoms with van der Waals surface area (Å²) in [6, 6.07) is 7.61. The number of likely N-dealkylation sites (tertiary alicyclic amines) is 1. The molecule has 4 rings (SSSR count). The van der Waals surface area contributed by atoms with E-state index in [2.05, 4.69) is 9.97 Å². The van der Waals surface area contributed by atoms with E-state index in [1.807, 2.05) is 36.1 Å². The predicted molar refractivity (Wildman–Crippen MR) is 119 cm³/mol. The molecule has 1 aromatic carbocycles. The Hall–Kier alpha value is -3.00. The smallest absolute Gasteiger partial charge is 0.257 e. The van der Waals surface area contributed by atoms with Gasteiger partial charge in [0.2, 0.25) is 5.91 Å². The number of nitrogens with zero attached hydrogens (tertiary/aromatic N) is 4. The van der Waals surface area contributed by atoms with E-state index in [1.165, 1.54) is 0 Å². The molecule has 1 aromatic heterocycles. The van der Waals surface area contributed by atoms with Crippen LogP contribution < -0.4 is 4.74 Å². The maximum absolute atomic E-state index is 12.8. The van der Waals surface area contributed by atoms with Gasteiger partial charge in [-0.3, -0.25) is 9.59 Å². The molecule has 2 aliphatic rings. The van der Waals surface area contributed by atoms with Crippen molar-refractivity contribution in [2.24, 2.45) is 0 Å². The Morgan fingerprint density at radius 2 is 1.75 bits per heavy atom. The van der Waals surface area contributed by atoms with Crippen molar-refractivity contribution in [2.45, 2.75) is 32.1 Å². The summed E-state index contributed by atoms with van der Waals surface area (Å²) in [7, 11) is 1.63. The first-order chi connectivity index (χ1) is 15.5. The number of hydrogen-bond donors (Lipinski definition) is 0. The molecule has 2 saturated heterocycles. The number of methoxy groups -OCH3 is 1. The molecular weight excluding hydrogens is 408 g/mol. The van der Waals surface area contributed by atoms with Gasteiger partial charge in [0.05, 0.1) is 38.0 Å². The van der Waals surface area contributed by atoms with E-state index in [9.17, 15) is 9.59 Å². The number of piperidine rings is 1. The van der Waals surface area contributed by atoms with Crippen molar-refractivity contribution in [1.82, 2.24) is 19.8 Å². The minimum Gasteiger partial charge on any atom is -0.497 e. The zero-order valence-corrected chi connectivity index (χ0v) is 18.7. The maximum atomic E-state index is 12.8. The number of amides is 2. The Morgan fingerprint density at radius 3 is 2.38 bits per heavy atom. The standard InChI is InChI=1S/C24H30N4O4/c1-17-21(24(30)28-11-13-32-14-12-28)16-25-23(26-17)19-7-9-27(10-8-19)22(29)15-18-3-5-20(31-2)6-4-18/h3-6,16,19H,7-15H2,1-2H3. The Kier molecular flexibility index (Phi) is 6.99. The molecule has 2 amide bonds. The van der Waals surface area contributed by atoms with Gasteiger partial charge in [0.25, 0.3) is 5.91 Å². The van der Waals surface area contributed by atoms with Gasteiger partial charge >= 0.3 is 0 Å². The first-order valence-electron chi connectivity index (χ1n) is 11.2. The fraction of sp³-hybridized carbons (Fsp3) is 0.500. The quantitative estimate of drug-likeness (QED) is 0.712. The fourth-order valence-electron chi connectivity index (χ4n) is 4.25. The van der Waals surface area contributed by atoms with Gasteiger partial charge in [-0.05, 0) is 37.5 Å². The number of aromatic nitrogens is 2. The molecule has 0 unspecified atom stereocenters. The molecular formula is C24H30N4O4. The van der Waals surface area contributed by atoms with Crippen molar-refractivity contribution in [2.75, 3.05) is 46.5 Å². The van der Waals surface area contributed by atoms with E-state index in [0.29, 0.717) is 57.1 Å². The number of ether oxygens (including phenoxy) is 2. The van der Waals surface area contributed by atoms with Crippen molar-refractivity contribution in [3.8, 4) is 5.75 Å². The molecule has 0 spiro atoms. The lowest BCUT2D eigenvalue weighted by Crippen LogP contribution is -2.41. The van der Waals surface area contributed by atoms with Crippen LogP contribution in [0.25, 0.3) is 0 Å². The molecule has 2 fully saturated rings. The number of benzene rings is 1. The highest BCUT2D eigenvalue weighted by Crippen LogP contribution is 2.27. The SMILES string of the molecule is COc1ccc(CC(=O)N2CCC(c3ncc(C(=O)N4CCOCC4)c(C)n3)CC2)cc1. The number of carbonyl (C=O) groups excluding carboxylic acids is 2. The number of hydrogen-bond acceptors (Lipinski definition) is 6. The Morgan fingerprint density at radius 1 is 1.06 bits per heavy atom. The topological polar surface area (TPSA) is 84.9 Å². The lowest BCUT2D eigenvalue weighted by Gasteiger charge is -2.31. The van der Waals surface area contributed by atoms with Crippen molar-refractivity contribution in [3.63, 3.8) is 0 Å². The van der Waals surface area contributed by atoms with Gasteiger partial charge in [-0.1, -0.05) is 12.1 Å². The van der Waals surface area contributed by atoms with Crippen molar-refractivity contribution in [1.29, 1.82) is 0 Å². The highest BCUT2D eigenvalue weighted by molar-refractivity contribution is 5.95. The van der Waals surface area contributed by atoms with Crippen LogP contribution in [-0.4, -0.2) is 78.1 Å². The molecule has 0 atom stereocenters. The van der Waals surface area contributed by atoms with Crippen LogP contribution in [-0.2, 0) is 16.0 Å². The number of morpholine rings is 1. The van der Waals surface area contributed by atoms with Gasteiger partial charge in [-0.2, -0.15) is 0 Å². The van der Waals surface area contributed by atoms with Crippen LogP contribution in [0.4, 0.5) is 0 Å². The second kappa shape index (κ2) is 10.1. The van der Waals surface area contributed by atoms with Crippen LogP contribution in [0, 0.1) is 6.92 Å². The van der Waals surface area contributed by atoms with E-state index >= 15 is 0 Å². The van der Waals surface area contributed by atoms with Crippen LogP contribution in [0.2, 0.25) is 0 Å². The normalized spacial score (nSPS) is 17.3. The molecule has 170 valence electrons. The largest absolute Gasteiger partial charge is 0.497 e. The zero-order valence-electron chi connectivity index (χ0n) is 18.7. The highest BCUT2D eigenvalue weighted by Gasteiger charge is 2.27. The van der Waals surface area contributed by atoms with Crippen LogP contribution in [0.5, 0.6) is 5.75 Å². The van der Waals surface area contributed by atoms with Gasteiger partial charge in [0, 0.05) is 38.3 Å². The van der Waals surface area contributed by atoms with Crippen LogP contribution >= 0.6 is 0 Å². The van der Waals surface area contributed by atoms with E-state index in [1.54, 1.807) is 18.2 Å². The fourth-order valence-corrected chi connectivity index (χ4v) is 4.25. The molecule has 8 heteroatoms. The third-order valence-electron chi connectivity index (χ3n) is 6.25. The summed E-state index contributed by atoms with van der Waals surface area (Å²) in [4.78, 5) is 38.4. The lowest BCUT2D eigenvalue weighted by molar-refractivity contribution is -0.131. The number of carbonyl (C=O) groups is 2. The third-order valence-corrected chi connectivity index (χ3v) is 6.25. The summed E-state index contributed by atoms with van der Waals surface area (Å²) in [5.74, 6) is 1.86. The summed E-state index contributed by atoms with van der Waals surface area (Å²) in [5.41, 5.74) is 2.25. The summed E-state index contributed by atoms with van der Waals surface area (Å²) < 4.78 is 10.5. The van der Waals surface area contributed by atoms with E-state index in [0.717, 1.165) is 30.0 Å². The monoisotopic (exact) mass is 438 g/mol. The summed E-state index contributed by atoms with van der Waals surface area (Å²) >= 11 is 0. The predicted octanol–water partition coefficient (Wildman–Crippen LogP) is 2.21. The minimum atomic E-state index is -0.0312. The molecule has 2 aromatic rings. The van der Waals surface area contributed by atoms with Crippen LogP contribution in [0.1, 0.15) is 46.2 Å². The molecule has 8 nitrogen and oxygen atoms in total. The number of rotatable bonds is 5. The molecule has 0 saturated carbocycles. The average Bonchev–Trinajstić information content (AvgIpc) is 2.84. The van der Waals surface area contributed by atoms with Crippen LogP contribution in [0.15, 0.2) is 30.5 Å². The minimum absolute atomic E-state index is 0.0312. The zero-order chi connectivity index (χ0) is 22.5. The van der Waals surface area contributed by atoms with Crippen molar-refractivity contribution < 1.29 is 19.1 Å². The summed E-state index contributed by atoms with van der Waals surface area (Å²) in [5, 5.41) is 0. The molecule has 0 radical (unpaired) electrons. The van der Waals surface area contributed by atoms with E-state index in [4.69, 9.17) is 9.47 Å². The Balaban J connectivity index is 1.32. The molecule has 2 aliphatic heterocycles. The lowest BCUT2D eigenvalue weighted by atomic mass is 9.95. The Bertz CT molecular complexity index is 949. The first kappa shape index (κ1) is 22.2. The maximum Gasteiger partial charge on any atom is 0.257 e. The van der Waals surface area contributed by atoms with Crippen molar-refractivity contribution in [3.05, 3.63) is 53.1 Å². The van der Waals surface area contributed by atoms with Gasteiger partial charge in [0.15, 0.2) is 0 Å². The second-order valence-electron chi connectivity index (χ2n) is 8.31. The van der Waals surface area contributed by atoms with Gasteiger partial charge < -0.3 is 19.3 Å². The molecule has 0 N–H and O–H groups in total. The van der Waals surface area contributed by atoms with E-state index < -0.39 is 0 Å². The molecule has 3 heterocycles. The van der Waals surface area contributed by atoms with Gasteiger partial charge in [-0.25, -0.2) is 9.97 Å². The van der Waals surface area contributed by atoms with Gasteiger partial charge in [-0.15, -0.1) is 0 Å². The molecule has 0 bridgehead atoms.